The molecular weight excluding hydrogens is 909 g/mol. The van der Waals surface area contributed by atoms with Gasteiger partial charge in [0.2, 0.25) is 0 Å². The predicted molar refractivity (Wildman–Crippen MR) is 235 cm³/mol. The van der Waals surface area contributed by atoms with Gasteiger partial charge in [0.05, 0.1) is 30.1 Å². The van der Waals surface area contributed by atoms with E-state index in [4.69, 9.17) is 33.2 Å². The van der Waals surface area contributed by atoms with E-state index in [9.17, 15) is 65.1 Å². The molecule has 0 bridgehead atoms. The second-order valence-corrected chi connectivity index (χ2v) is 23.3. The summed E-state index contributed by atoms with van der Waals surface area (Å²) in [5.41, 5.74) is -1.78. The number of esters is 1. The molecule has 20 heteroatoms. The molecule has 4 saturated carbocycles. The number of aliphatic carboxylic acids is 2. The van der Waals surface area contributed by atoms with E-state index in [0.29, 0.717) is 32.1 Å². The maximum Gasteiger partial charge on any atom is 0.335 e. The van der Waals surface area contributed by atoms with Crippen LogP contribution in [0.5, 0.6) is 0 Å². The zero-order chi connectivity index (χ0) is 50.6. The summed E-state index contributed by atoms with van der Waals surface area (Å²) in [6, 6.07) is 0. The van der Waals surface area contributed by atoms with Gasteiger partial charge in [-0.05, 0) is 104 Å². The van der Waals surface area contributed by atoms with E-state index in [1.807, 2.05) is 0 Å². The van der Waals surface area contributed by atoms with Crippen LogP contribution in [0, 0.1) is 50.2 Å². The van der Waals surface area contributed by atoms with Gasteiger partial charge in [-0.1, -0.05) is 53.2 Å². The molecule has 5 aliphatic carbocycles. The van der Waals surface area contributed by atoms with Crippen LogP contribution in [0.2, 0.25) is 0 Å². The SMILES string of the molecule is CC(=O)O[C@@H]1[C@@H](O[C@@H]2OC[C@@H](O)[C@H](O)[C@H]2O)[C@H](O[C@H]2CC[C@]3(C)[C@H]4CC=C5[C@@H]6CC(C)(C)CC[C@]6(C(=O)O)CC[C@@]5(C)[C@]4(C)CC[C@H]3[C@]2(C)C=O)O[C@H](C(=O)O)[C@H]1O[C@@H]1O[C@H](CO)[C@@H](O)[C@H](O)[C@H]1O. The highest BCUT2D eigenvalue weighted by Gasteiger charge is 2.70. The van der Waals surface area contributed by atoms with Crippen molar-refractivity contribution in [1.82, 2.24) is 0 Å². The summed E-state index contributed by atoms with van der Waals surface area (Å²) in [6.07, 6.45) is -17.1. The Hall–Kier alpha value is -2.70. The zero-order valence-corrected chi connectivity index (χ0v) is 40.5. The first-order valence-corrected chi connectivity index (χ1v) is 24.6. The number of carbonyl (C=O) groups is 4. The minimum Gasteiger partial charge on any atom is -0.481 e. The molecule has 0 aromatic heterocycles. The van der Waals surface area contributed by atoms with E-state index < -0.39 is 139 Å². The first kappa shape index (κ1) is 52.6. The van der Waals surface area contributed by atoms with Crippen LogP contribution >= 0.6 is 0 Å². The third-order valence-corrected chi connectivity index (χ3v) is 19.2. The van der Waals surface area contributed by atoms with Crippen molar-refractivity contribution in [2.24, 2.45) is 50.2 Å². The molecule has 8 aliphatic rings. The summed E-state index contributed by atoms with van der Waals surface area (Å²) < 4.78 is 42.0. The fraction of sp³-hybridized carbons (Fsp3) is 0.878. The van der Waals surface area contributed by atoms with Gasteiger partial charge in [-0.25, -0.2) is 4.79 Å². The highest BCUT2D eigenvalue weighted by molar-refractivity contribution is 5.77. The lowest BCUT2D eigenvalue weighted by Gasteiger charge is -2.71. The lowest BCUT2D eigenvalue weighted by molar-refractivity contribution is -0.385. The molecule has 9 N–H and O–H groups in total. The standard InChI is InChI=1S/C49H74O20/c1-22(52)64-36-35(67-41-34(58)32(56)31(55)26(19-50)65-41)37(39(59)60)68-42(38(36)69-40-33(57)30(54)25(53)20-63-40)66-29-11-12-45(4)27(46(29,5)21-51)10-13-48(7)28(45)9-8-23-24-18-44(2,3)14-16-49(24,43(61)62)17-15-47(23,48)6/h8,21,24-38,40-42,50,53-58H,9-20H2,1-7H3,(H,59,60)(H,61,62)/t24-,25+,26+,27+,28+,29-,30-,31+,32-,33+,34+,35-,36-,37-,38+,40-,41-,42+,45-,46-,47+,48+,49-/m0/s1. The van der Waals surface area contributed by atoms with E-state index in [0.717, 1.165) is 38.9 Å². The van der Waals surface area contributed by atoms with Gasteiger partial charge in [0.15, 0.2) is 37.2 Å². The molecule has 0 aromatic carbocycles. The van der Waals surface area contributed by atoms with Crippen molar-refractivity contribution >= 4 is 24.2 Å². The van der Waals surface area contributed by atoms with Crippen molar-refractivity contribution < 1.29 is 98.3 Å². The fourth-order valence-corrected chi connectivity index (χ4v) is 15.0. The quantitative estimate of drug-likeness (QED) is 0.0608. The summed E-state index contributed by atoms with van der Waals surface area (Å²) in [5.74, 6) is -3.66. The number of hydrogen-bond acceptors (Lipinski definition) is 18. The number of carboxylic acid groups (broad SMARTS) is 2. The van der Waals surface area contributed by atoms with Crippen LogP contribution in [0.25, 0.3) is 0 Å². The number of aliphatic hydroxyl groups excluding tert-OH is 7. The molecule has 8 rings (SSSR count). The summed E-state index contributed by atoms with van der Waals surface area (Å²) in [4.78, 5) is 53.2. The first-order valence-electron chi connectivity index (χ1n) is 24.6. The number of rotatable bonds is 11. The van der Waals surface area contributed by atoms with Crippen LogP contribution in [-0.4, -0.2) is 175 Å². The minimum atomic E-state index is -2.11. The molecular formula is C49H74O20. The minimum absolute atomic E-state index is 0.00569. The van der Waals surface area contributed by atoms with E-state index in [2.05, 4.69) is 40.7 Å². The van der Waals surface area contributed by atoms with Crippen LogP contribution in [0.4, 0.5) is 0 Å². The zero-order valence-electron chi connectivity index (χ0n) is 40.5. The molecule has 20 nitrogen and oxygen atoms in total. The van der Waals surface area contributed by atoms with Crippen LogP contribution in [-0.2, 0) is 52.3 Å². The van der Waals surface area contributed by atoms with Crippen LogP contribution in [0.1, 0.15) is 113 Å². The third-order valence-electron chi connectivity index (χ3n) is 19.2. The van der Waals surface area contributed by atoms with Crippen LogP contribution in [0.15, 0.2) is 11.6 Å². The van der Waals surface area contributed by atoms with Gasteiger partial charge in [-0.2, -0.15) is 0 Å². The van der Waals surface area contributed by atoms with Gasteiger partial charge in [-0.3, -0.25) is 9.59 Å². The second-order valence-electron chi connectivity index (χ2n) is 23.3. The molecule has 390 valence electrons. The molecule has 0 unspecified atom stereocenters. The molecule has 23 atom stereocenters. The Bertz CT molecular complexity index is 2000. The maximum atomic E-state index is 13.9. The van der Waals surface area contributed by atoms with Crippen molar-refractivity contribution in [2.75, 3.05) is 13.2 Å². The van der Waals surface area contributed by atoms with Crippen LogP contribution < -0.4 is 0 Å². The average Bonchev–Trinajstić information content (AvgIpc) is 3.28. The second kappa shape index (κ2) is 18.7. The molecule has 3 heterocycles. The van der Waals surface area contributed by atoms with Crippen molar-refractivity contribution in [1.29, 1.82) is 0 Å². The molecule has 0 amide bonds. The Labute approximate surface area is 401 Å². The Kier molecular flexibility index (Phi) is 14.2. The average molecular weight is 983 g/mol. The van der Waals surface area contributed by atoms with E-state index >= 15 is 0 Å². The van der Waals surface area contributed by atoms with E-state index in [1.165, 1.54) is 5.57 Å². The number of carbonyl (C=O) groups excluding carboxylic acids is 2. The molecule has 0 radical (unpaired) electrons. The molecule has 0 aromatic rings. The fourth-order valence-electron chi connectivity index (χ4n) is 15.0. The van der Waals surface area contributed by atoms with E-state index in [1.54, 1.807) is 6.92 Å². The predicted octanol–water partition coefficient (Wildman–Crippen LogP) is 1.19. The Morgan fingerprint density at radius 2 is 1.41 bits per heavy atom. The first-order chi connectivity index (χ1) is 32.2. The number of fused-ring (bicyclic) bond motifs is 7. The Morgan fingerprint density at radius 1 is 0.739 bits per heavy atom. The molecule has 69 heavy (non-hydrogen) atoms. The number of ether oxygens (including phenoxy) is 7. The lowest BCUT2D eigenvalue weighted by atomic mass is 9.33. The lowest BCUT2D eigenvalue weighted by Crippen LogP contribution is -2.69. The van der Waals surface area contributed by atoms with Gasteiger partial charge in [0.1, 0.15) is 55.1 Å². The molecule has 3 aliphatic heterocycles. The number of aldehydes is 1. The van der Waals surface area contributed by atoms with Crippen LogP contribution in [0.3, 0.4) is 0 Å². The Morgan fingerprint density at radius 3 is 2.04 bits per heavy atom. The van der Waals surface area contributed by atoms with Crippen molar-refractivity contribution in [3.63, 3.8) is 0 Å². The topological polar surface area (TPSA) is 315 Å². The largest absolute Gasteiger partial charge is 0.481 e. The van der Waals surface area contributed by atoms with Gasteiger partial charge in [0.25, 0.3) is 0 Å². The van der Waals surface area contributed by atoms with Gasteiger partial charge in [0, 0.05) is 6.92 Å². The number of hydrogen-bond donors (Lipinski definition) is 9. The molecule has 0 spiro atoms. The Balaban J connectivity index is 1.13. The number of allylic oxidation sites excluding steroid dienone is 2. The summed E-state index contributed by atoms with van der Waals surface area (Å²) in [7, 11) is 0. The number of carboxylic acids is 2. The van der Waals surface area contributed by atoms with Crippen molar-refractivity contribution in [3.8, 4) is 0 Å². The van der Waals surface area contributed by atoms with Gasteiger partial charge in [-0.15, -0.1) is 0 Å². The van der Waals surface area contributed by atoms with Gasteiger partial charge < -0.3 is 83.9 Å². The smallest absolute Gasteiger partial charge is 0.335 e. The summed E-state index contributed by atoms with van der Waals surface area (Å²) in [6.45, 7) is 12.8. The maximum absolute atomic E-state index is 13.9. The number of aliphatic hydroxyl groups is 7. The van der Waals surface area contributed by atoms with Crippen molar-refractivity contribution in [2.45, 2.75) is 205 Å². The monoisotopic (exact) mass is 982 g/mol. The van der Waals surface area contributed by atoms with Gasteiger partial charge >= 0.3 is 17.9 Å². The summed E-state index contributed by atoms with van der Waals surface area (Å²) >= 11 is 0. The van der Waals surface area contributed by atoms with Crippen molar-refractivity contribution in [3.05, 3.63) is 11.6 Å². The highest BCUT2D eigenvalue weighted by Crippen LogP contribution is 2.76. The highest BCUT2D eigenvalue weighted by atomic mass is 16.8. The summed E-state index contributed by atoms with van der Waals surface area (Å²) in [5, 5.41) is 95.2. The third kappa shape index (κ3) is 8.42. The van der Waals surface area contributed by atoms with E-state index in [-0.39, 0.29) is 40.4 Å². The molecule has 3 saturated heterocycles. The normalized spacial score (nSPS) is 51.6. The molecule has 7 fully saturated rings.